The minimum atomic E-state index is 0.533. The average molecular weight is 371 g/mol. The molecule has 1 N–H and O–H groups in total. The molecule has 4 nitrogen and oxygen atoms in total. The van der Waals surface area contributed by atoms with Gasteiger partial charge >= 0.3 is 0 Å². The number of halogens is 2. The van der Waals surface area contributed by atoms with Crippen molar-refractivity contribution >= 4 is 50.9 Å². The number of pyridine rings is 1. The second kappa shape index (κ2) is 5.20. The van der Waals surface area contributed by atoms with E-state index in [2.05, 4.69) is 25.9 Å². The van der Waals surface area contributed by atoms with Crippen LogP contribution < -0.4 is 4.74 Å². The number of H-pyrrole nitrogens is 1. The summed E-state index contributed by atoms with van der Waals surface area (Å²) in [5.74, 6) is 0.710. The molecule has 0 unspecified atom stereocenters. The van der Waals surface area contributed by atoms with Crippen LogP contribution >= 0.6 is 39.7 Å². The van der Waals surface area contributed by atoms with Crippen molar-refractivity contribution in [3.63, 3.8) is 0 Å². The van der Waals surface area contributed by atoms with Crippen molar-refractivity contribution in [3.05, 3.63) is 44.7 Å². The smallest absolute Gasteiger partial charge is 0.184 e. The number of fused-ring (bicyclic) bond motifs is 1. The van der Waals surface area contributed by atoms with Gasteiger partial charge < -0.3 is 9.72 Å². The highest BCUT2D eigenvalue weighted by Gasteiger charge is 2.13. The Morgan fingerprint density at radius 2 is 2.20 bits per heavy atom. The molecule has 0 saturated heterocycles. The van der Waals surface area contributed by atoms with Gasteiger partial charge in [-0.2, -0.15) is 0 Å². The maximum Gasteiger partial charge on any atom is 0.184 e. The summed E-state index contributed by atoms with van der Waals surface area (Å²) in [6, 6.07) is 7.50. The van der Waals surface area contributed by atoms with Crippen LogP contribution in [-0.2, 0) is 0 Å². The fourth-order valence-electron chi connectivity index (χ4n) is 2.03. The second-order valence-electron chi connectivity index (χ2n) is 4.11. The molecule has 1 aromatic carbocycles. The van der Waals surface area contributed by atoms with Crippen molar-refractivity contribution in [1.29, 1.82) is 0 Å². The molecule has 0 spiro atoms. The van der Waals surface area contributed by atoms with Crippen molar-refractivity contribution < 1.29 is 4.74 Å². The molecule has 7 heteroatoms. The number of benzene rings is 1. The maximum absolute atomic E-state index is 5.95. The lowest BCUT2D eigenvalue weighted by Gasteiger charge is -2.10. The van der Waals surface area contributed by atoms with E-state index in [1.165, 1.54) is 0 Å². The van der Waals surface area contributed by atoms with Crippen molar-refractivity contribution in [2.45, 2.75) is 0 Å². The van der Waals surface area contributed by atoms with Crippen LogP contribution in [0, 0.1) is 4.77 Å². The lowest BCUT2D eigenvalue weighted by atomic mass is 10.3. The molecular weight excluding hydrogens is 362 g/mol. The number of hydrogen-bond donors (Lipinski definition) is 1. The van der Waals surface area contributed by atoms with Gasteiger partial charge in [0.2, 0.25) is 0 Å². The fraction of sp³-hybridized carbons (Fsp3) is 0.0769. The van der Waals surface area contributed by atoms with Crippen molar-refractivity contribution in [2.24, 2.45) is 0 Å². The Balaban J connectivity index is 2.37. The standard InChI is InChI=1S/C13H9BrClN3OS/c1-19-11-3-2-7(14)4-10(11)18-12-9(17-13(18)20)5-8(15)6-16-12/h2-6H,1H3,(H,17,20). The molecule has 0 aliphatic heterocycles. The van der Waals surface area contributed by atoms with Crippen molar-refractivity contribution in [3.8, 4) is 11.4 Å². The monoisotopic (exact) mass is 369 g/mol. The summed E-state index contributed by atoms with van der Waals surface area (Å²) in [6.07, 6.45) is 1.59. The van der Waals surface area contributed by atoms with E-state index < -0.39 is 0 Å². The third-order valence-corrected chi connectivity index (χ3v) is 3.86. The van der Waals surface area contributed by atoms with Gasteiger partial charge in [0, 0.05) is 10.7 Å². The van der Waals surface area contributed by atoms with Crippen LogP contribution in [0.15, 0.2) is 34.9 Å². The fourth-order valence-corrected chi connectivity index (χ4v) is 2.83. The van der Waals surface area contributed by atoms with Gasteiger partial charge in [0.05, 0.1) is 23.3 Å². The van der Waals surface area contributed by atoms with E-state index in [4.69, 9.17) is 28.6 Å². The molecule has 0 aliphatic rings. The van der Waals surface area contributed by atoms with E-state index in [0.717, 1.165) is 15.7 Å². The van der Waals surface area contributed by atoms with Crippen LogP contribution in [0.25, 0.3) is 16.9 Å². The Labute approximate surface area is 133 Å². The molecule has 0 radical (unpaired) electrons. The molecule has 0 amide bonds. The van der Waals surface area contributed by atoms with Crippen LogP contribution in [0.4, 0.5) is 0 Å². The maximum atomic E-state index is 5.95. The van der Waals surface area contributed by atoms with Gasteiger partial charge in [-0.15, -0.1) is 0 Å². The molecule has 0 bridgehead atoms. The third-order valence-electron chi connectivity index (χ3n) is 2.87. The molecule has 102 valence electrons. The molecular formula is C13H9BrClN3OS. The first kappa shape index (κ1) is 13.6. The summed E-state index contributed by atoms with van der Waals surface area (Å²) in [5.41, 5.74) is 2.30. The summed E-state index contributed by atoms with van der Waals surface area (Å²) in [6.45, 7) is 0. The Kier molecular flexibility index (Phi) is 3.54. The predicted molar refractivity (Wildman–Crippen MR) is 85.5 cm³/mol. The molecule has 2 heterocycles. The largest absolute Gasteiger partial charge is 0.495 e. The highest BCUT2D eigenvalue weighted by Crippen LogP contribution is 2.29. The molecule has 0 atom stereocenters. The highest BCUT2D eigenvalue weighted by molar-refractivity contribution is 9.10. The lowest BCUT2D eigenvalue weighted by molar-refractivity contribution is 0.413. The number of methoxy groups -OCH3 is 1. The molecule has 0 aliphatic carbocycles. The topological polar surface area (TPSA) is 42.8 Å². The molecule has 3 rings (SSSR count). The molecule has 0 fully saturated rings. The highest BCUT2D eigenvalue weighted by atomic mass is 79.9. The summed E-state index contributed by atoms with van der Waals surface area (Å²) < 4.78 is 8.68. The number of nitrogens with one attached hydrogen (secondary N) is 1. The normalized spacial score (nSPS) is 10.9. The quantitative estimate of drug-likeness (QED) is 0.675. The minimum absolute atomic E-state index is 0.533. The zero-order chi connectivity index (χ0) is 14.3. The number of rotatable bonds is 2. The van der Waals surface area contributed by atoms with Crippen molar-refractivity contribution in [2.75, 3.05) is 7.11 Å². The zero-order valence-electron chi connectivity index (χ0n) is 10.4. The van der Waals surface area contributed by atoms with Crippen LogP contribution in [0.5, 0.6) is 5.75 Å². The van der Waals surface area contributed by atoms with Crippen LogP contribution in [0.1, 0.15) is 0 Å². The Bertz CT molecular complexity index is 858. The second-order valence-corrected chi connectivity index (χ2v) is 5.85. The summed E-state index contributed by atoms with van der Waals surface area (Å²) in [4.78, 5) is 7.44. The van der Waals surface area contributed by atoms with E-state index in [9.17, 15) is 0 Å². The summed E-state index contributed by atoms with van der Waals surface area (Å²) in [5, 5.41) is 0.558. The van der Waals surface area contributed by atoms with Crippen LogP contribution in [0.2, 0.25) is 5.02 Å². The number of aromatic amines is 1. The Hall–Kier alpha value is -1.37. The van der Waals surface area contributed by atoms with Crippen LogP contribution in [-0.4, -0.2) is 21.6 Å². The van der Waals surface area contributed by atoms with E-state index >= 15 is 0 Å². The zero-order valence-corrected chi connectivity index (χ0v) is 13.5. The first-order chi connectivity index (χ1) is 9.60. The third kappa shape index (κ3) is 2.24. The van der Waals surface area contributed by atoms with E-state index in [1.54, 1.807) is 19.4 Å². The van der Waals surface area contributed by atoms with Gasteiger partial charge in [0.15, 0.2) is 10.4 Å². The van der Waals surface area contributed by atoms with E-state index in [0.29, 0.717) is 21.2 Å². The van der Waals surface area contributed by atoms with E-state index in [1.807, 2.05) is 22.8 Å². The Morgan fingerprint density at radius 3 is 2.95 bits per heavy atom. The molecule has 2 aromatic heterocycles. The van der Waals surface area contributed by atoms with Gasteiger partial charge in [0.25, 0.3) is 0 Å². The lowest BCUT2D eigenvalue weighted by Crippen LogP contribution is -1.99. The predicted octanol–water partition coefficient (Wildman–Crippen LogP) is 4.51. The molecule has 20 heavy (non-hydrogen) atoms. The summed E-state index contributed by atoms with van der Waals surface area (Å²) in [7, 11) is 1.62. The minimum Gasteiger partial charge on any atom is -0.495 e. The van der Waals surface area contributed by atoms with Gasteiger partial charge in [0.1, 0.15) is 5.75 Å². The Morgan fingerprint density at radius 1 is 1.40 bits per heavy atom. The van der Waals surface area contributed by atoms with E-state index in [-0.39, 0.29) is 0 Å². The molecule has 0 saturated carbocycles. The number of nitrogens with zero attached hydrogens (tertiary/aromatic N) is 2. The first-order valence-corrected chi connectivity index (χ1v) is 7.28. The average Bonchev–Trinajstić information content (AvgIpc) is 2.73. The van der Waals surface area contributed by atoms with Crippen LogP contribution in [0.3, 0.4) is 0 Å². The van der Waals surface area contributed by atoms with Gasteiger partial charge in [-0.05, 0) is 36.5 Å². The number of hydrogen-bond acceptors (Lipinski definition) is 3. The number of ether oxygens (including phenoxy) is 1. The van der Waals surface area contributed by atoms with Gasteiger partial charge in [-0.25, -0.2) is 4.98 Å². The molecule has 3 aromatic rings. The number of imidazole rings is 1. The summed E-state index contributed by atoms with van der Waals surface area (Å²) >= 11 is 14.8. The van der Waals surface area contributed by atoms with Gasteiger partial charge in [-0.3, -0.25) is 4.57 Å². The van der Waals surface area contributed by atoms with Gasteiger partial charge in [-0.1, -0.05) is 27.5 Å². The SMILES string of the molecule is COc1ccc(Br)cc1-n1c(=S)[nH]c2cc(Cl)cnc21. The first-order valence-electron chi connectivity index (χ1n) is 5.70. The number of aromatic nitrogens is 3. The van der Waals surface area contributed by atoms with Crippen molar-refractivity contribution in [1.82, 2.24) is 14.5 Å².